The highest BCUT2D eigenvalue weighted by molar-refractivity contribution is 8.01. The van der Waals surface area contributed by atoms with E-state index in [-0.39, 0.29) is 5.69 Å². The Morgan fingerprint density at radius 1 is 1.38 bits per heavy atom. The quantitative estimate of drug-likeness (QED) is 0.668. The minimum absolute atomic E-state index is 0.101. The van der Waals surface area contributed by atoms with Crippen LogP contribution in [0, 0.1) is 6.92 Å². The van der Waals surface area contributed by atoms with Crippen molar-refractivity contribution in [1.29, 1.82) is 0 Å². The Morgan fingerprint density at radius 3 is 2.71 bits per heavy atom. The molecule has 0 aromatic carbocycles. The van der Waals surface area contributed by atoms with E-state index >= 15 is 0 Å². The van der Waals surface area contributed by atoms with E-state index in [1.807, 2.05) is 13.8 Å². The van der Waals surface area contributed by atoms with Crippen molar-refractivity contribution in [3.8, 4) is 0 Å². The molecule has 0 unspecified atom stereocenters. The smallest absolute Gasteiger partial charge is 0.295 e. The van der Waals surface area contributed by atoms with E-state index in [4.69, 9.17) is 0 Å². The van der Waals surface area contributed by atoms with Crippen LogP contribution in [-0.2, 0) is 0 Å². The lowest BCUT2D eigenvalue weighted by molar-refractivity contribution is 0.0632. The summed E-state index contributed by atoms with van der Waals surface area (Å²) >= 11 is 2.74. The number of aromatic nitrogens is 3. The number of amides is 1. The lowest BCUT2D eigenvalue weighted by Gasteiger charge is -2.09. The maximum absolute atomic E-state index is 12.9. The van der Waals surface area contributed by atoms with Gasteiger partial charge in [-0.05, 0) is 19.1 Å². The number of halogens is 2. The summed E-state index contributed by atoms with van der Waals surface area (Å²) in [7, 11) is 0. The molecule has 0 bridgehead atoms. The third kappa shape index (κ3) is 3.79. The average molecular weight is 332 g/mol. The summed E-state index contributed by atoms with van der Waals surface area (Å²) in [6, 6.07) is 2.84. The number of nitrogens with zero attached hydrogens (tertiary/aromatic N) is 3. The molecule has 0 fully saturated rings. The van der Waals surface area contributed by atoms with Gasteiger partial charge in [0, 0.05) is 10.9 Å². The summed E-state index contributed by atoms with van der Waals surface area (Å²) in [4.78, 5) is 12.1. The molecule has 114 valence electrons. The number of rotatable bonds is 5. The Bertz CT molecular complexity index is 639. The third-order valence-corrected chi connectivity index (χ3v) is 4.44. The van der Waals surface area contributed by atoms with Gasteiger partial charge in [0.15, 0.2) is 4.34 Å². The summed E-state index contributed by atoms with van der Waals surface area (Å²) in [5.41, 5.74) is 0.222. The van der Waals surface area contributed by atoms with E-state index in [2.05, 4.69) is 15.5 Å². The van der Waals surface area contributed by atoms with Crippen molar-refractivity contribution in [2.45, 2.75) is 36.9 Å². The zero-order valence-electron chi connectivity index (χ0n) is 11.6. The zero-order valence-corrected chi connectivity index (χ0v) is 13.3. The maximum Gasteiger partial charge on any atom is 0.319 e. The molecule has 2 heterocycles. The molecule has 0 radical (unpaired) electrons. The van der Waals surface area contributed by atoms with Crippen LogP contribution < -0.4 is 5.32 Å². The minimum atomic E-state index is -2.76. The molecule has 0 saturated heterocycles. The van der Waals surface area contributed by atoms with E-state index in [0.717, 1.165) is 4.34 Å². The number of hydrogen-bond acceptors (Lipinski definition) is 5. The minimum Gasteiger partial charge on any atom is -0.295 e. The molecule has 9 heteroatoms. The van der Waals surface area contributed by atoms with Crippen molar-refractivity contribution in [3.05, 3.63) is 23.5 Å². The van der Waals surface area contributed by atoms with Crippen molar-refractivity contribution >= 4 is 34.1 Å². The second kappa shape index (κ2) is 6.52. The van der Waals surface area contributed by atoms with Gasteiger partial charge in [0.25, 0.3) is 5.91 Å². The van der Waals surface area contributed by atoms with Crippen LogP contribution in [0.2, 0.25) is 0 Å². The number of carbonyl (C=O) groups is 1. The van der Waals surface area contributed by atoms with Gasteiger partial charge in [-0.15, -0.1) is 10.2 Å². The molecule has 2 aromatic rings. The van der Waals surface area contributed by atoms with Crippen LogP contribution in [0.4, 0.5) is 13.9 Å². The van der Waals surface area contributed by atoms with Gasteiger partial charge in [0.1, 0.15) is 5.69 Å². The van der Waals surface area contributed by atoms with Gasteiger partial charge in [-0.3, -0.25) is 14.7 Å². The molecule has 0 aliphatic carbocycles. The monoisotopic (exact) mass is 332 g/mol. The fourth-order valence-corrected chi connectivity index (χ4v) is 3.64. The lowest BCUT2D eigenvalue weighted by Crippen LogP contribution is -2.18. The summed E-state index contributed by atoms with van der Waals surface area (Å²) in [6.45, 7) is 2.79. The Kier molecular flexibility index (Phi) is 4.94. The van der Waals surface area contributed by atoms with Crippen molar-refractivity contribution < 1.29 is 13.6 Å². The Hall–Kier alpha value is -1.48. The van der Waals surface area contributed by atoms with Crippen LogP contribution in [0.5, 0.6) is 0 Å². The Labute approximate surface area is 128 Å². The van der Waals surface area contributed by atoms with Gasteiger partial charge in [-0.2, -0.15) is 8.78 Å². The van der Waals surface area contributed by atoms with Gasteiger partial charge in [-0.25, -0.2) is 0 Å². The summed E-state index contributed by atoms with van der Waals surface area (Å²) < 4.78 is 27.2. The number of carbonyl (C=O) groups excluding carboxylic acids is 1. The van der Waals surface area contributed by atoms with Crippen molar-refractivity contribution in [1.82, 2.24) is 14.8 Å². The van der Waals surface area contributed by atoms with E-state index in [1.165, 1.54) is 42.2 Å². The molecule has 0 aliphatic rings. The van der Waals surface area contributed by atoms with Gasteiger partial charge < -0.3 is 0 Å². The van der Waals surface area contributed by atoms with Crippen LogP contribution in [0.25, 0.3) is 0 Å². The standard InChI is InChI=1S/C12H14F2N4OS2/c1-6(2)20-12-17-16-11(21-12)15-9(19)8-5-4-7(3)18(8)10(13)14/h4-6,10H,1-3H3,(H,15,16,19). The molecule has 2 aromatic heterocycles. The Morgan fingerprint density at radius 2 is 2.10 bits per heavy atom. The lowest BCUT2D eigenvalue weighted by atomic mass is 10.4. The predicted molar refractivity (Wildman–Crippen MR) is 79.3 cm³/mol. The highest BCUT2D eigenvalue weighted by Crippen LogP contribution is 2.29. The fraction of sp³-hybridized carbons (Fsp3) is 0.417. The first-order valence-electron chi connectivity index (χ1n) is 6.16. The maximum atomic E-state index is 12.9. The molecular formula is C12H14F2N4OS2. The van der Waals surface area contributed by atoms with Crippen molar-refractivity contribution in [2.24, 2.45) is 0 Å². The first-order valence-corrected chi connectivity index (χ1v) is 7.85. The van der Waals surface area contributed by atoms with Gasteiger partial charge >= 0.3 is 6.55 Å². The number of aryl methyl sites for hydroxylation is 1. The molecule has 0 atom stereocenters. The van der Waals surface area contributed by atoms with Crippen LogP contribution in [0.3, 0.4) is 0 Å². The van der Waals surface area contributed by atoms with E-state index in [0.29, 0.717) is 20.6 Å². The number of thioether (sulfide) groups is 1. The molecule has 5 nitrogen and oxygen atoms in total. The molecule has 0 spiro atoms. The Balaban J connectivity index is 2.13. The second-order valence-electron chi connectivity index (χ2n) is 4.50. The highest BCUT2D eigenvalue weighted by Gasteiger charge is 2.20. The van der Waals surface area contributed by atoms with Crippen LogP contribution >= 0.6 is 23.1 Å². The van der Waals surface area contributed by atoms with E-state index in [1.54, 1.807) is 0 Å². The third-order valence-electron chi connectivity index (χ3n) is 2.51. The normalized spacial score (nSPS) is 11.4. The molecule has 1 amide bonds. The van der Waals surface area contributed by atoms with Crippen LogP contribution in [0.1, 0.15) is 36.6 Å². The second-order valence-corrected chi connectivity index (χ2v) is 7.30. The van der Waals surface area contributed by atoms with Gasteiger partial charge in [0.2, 0.25) is 5.13 Å². The highest BCUT2D eigenvalue weighted by atomic mass is 32.2. The SMILES string of the molecule is Cc1ccc(C(=O)Nc2nnc(SC(C)C)s2)n1C(F)F. The molecule has 2 rings (SSSR count). The van der Waals surface area contributed by atoms with E-state index < -0.39 is 12.5 Å². The molecular weight excluding hydrogens is 318 g/mol. The van der Waals surface area contributed by atoms with Gasteiger partial charge in [0.05, 0.1) is 0 Å². The number of anilines is 1. The average Bonchev–Trinajstić information content (AvgIpc) is 2.95. The number of alkyl halides is 2. The molecule has 21 heavy (non-hydrogen) atoms. The van der Waals surface area contributed by atoms with E-state index in [9.17, 15) is 13.6 Å². The first-order chi connectivity index (χ1) is 9.88. The predicted octanol–water partition coefficient (Wildman–Crippen LogP) is 3.80. The van der Waals surface area contributed by atoms with Crippen LogP contribution in [-0.4, -0.2) is 25.9 Å². The fourth-order valence-electron chi connectivity index (χ4n) is 1.66. The number of hydrogen-bond donors (Lipinski definition) is 1. The molecule has 0 aliphatic heterocycles. The summed E-state index contributed by atoms with van der Waals surface area (Å²) in [6.07, 6.45) is 0. The van der Waals surface area contributed by atoms with Crippen molar-refractivity contribution in [3.63, 3.8) is 0 Å². The van der Waals surface area contributed by atoms with Crippen molar-refractivity contribution in [2.75, 3.05) is 5.32 Å². The van der Waals surface area contributed by atoms with Gasteiger partial charge in [-0.1, -0.05) is 36.9 Å². The molecule has 1 N–H and O–H groups in total. The van der Waals surface area contributed by atoms with Crippen LogP contribution in [0.15, 0.2) is 16.5 Å². The summed E-state index contributed by atoms with van der Waals surface area (Å²) in [5, 5.41) is 10.9. The summed E-state index contributed by atoms with van der Waals surface area (Å²) in [5.74, 6) is -0.624. The first kappa shape index (κ1) is 15.9. The number of nitrogens with one attached hydrogen (secondary N) is 1. The largest absolute Gasteiger partial charge is 0.319 e. The zero-order chi connectivity index (χ0) is 15.6. The molecule has 0 saturated carbocycles. The topological polar surface area (TPSA) is 59.8 Å².